The van der Waals surface area contributed by atoms with Crippen LogP contribution in [0.25, 0.3) is 0 Å². The summed E-state index contributed by atoms with van der Waals surface area (Å²) in [5.74, 6) is -4.66. The van der Waals surface area contributed by atoms with Crippen molar-refractivity contribution in [2.24, 2.45) is 0 Å². The monoisotopic (exact) mass is 467 g/mol. The number of halogens is 1. The first-order valence-corrected chi connectivity index (χ1v) is 10.0. The molecule has 0 saturated carbocycles. The summed E-state index contributed by atoms with van der Waals surface area (Å²) in [4.78, 5) is 50.0. The number of nitrogens with one attached hydrogen (secondary N) is 1. The zero-order valence-corrected chi connectivity index (χ0v) is 17.8. The first kappa shape index (κ1) is 23.5. The zero-order valence-electron chi connectivity index (χ0n) is 17.0. The van der Waals surface area contributed by atoms with Crippen LogP contribution in [0, 0.1) is 0 Å². The van der Waals surface area contributed by atoms with Crippen molar-refractivity contribution in [1.82, 2.24) is 0 Å². The lowest BCUT2D eigenvalue weighted by molar-refractivity contribution is -0.157. The maximum atomic E-state index is 13.0. The molecule has 0 aromatic heterocycles. The number of amides is 1. The molecule has 33 heavy (non-hydrogen) atoms. The van der Waals surface area contributed by atoms with E-state index in [0.717, 1.165) is 0 Å². The molecule has 0 bridgehead atoms. The number of hydrogen-bond acceptors (Lipinski definition) is 6. The summed E-state index contributed by atoms with van der Waals surface area (Å²) in [7, 11) is 0. The van der Waals surface area contributed by atoms with Gasteiger partial charge in [-0.3, -0.25) is 4.79 Å². The average molecular weight is 468 g/mol. The van der Waals surface area contributed by atoms with Crippen molar-refractivity contribution < 1.29 is 33.8 Å². The first-order chi connectivity index (χ1) is 15.8. The Kier molecular flexibility index (Phi) is 7.77. The van der Waals surface area contributed by atoms with Crippen LogP contribution in [0.5, 0.6) is 0 Å². The van der Waals surface area contributed by atoms with Gasteiger partial charge in [0.2, 0.25) is 12.2 Å². The number of carbonyl (C=O) groups is 4. The molecule has 0 radical (unpaired) electrons. The van der Waals surface area contributed by atoms with Crippen LogP contribution in [0.15, 0.2) is 84.9 Å². The molecular formula is C24H18ClNO7. The summed E-state index contributed by atoms with van der Waals surface area (Å²) in [5.41, 5.74) is 0.371. The van der Waals surface area contributed by atoms with E-state index in [1.54, 1.807) is 48.5 Å². The number of carboxylic acid groups (broad SMARTS) is 1. The Morgan fingerprint density at radius 3 is 1.73 bits per heavy atom. The van der Waals surface area contributed by atoms with E-state index in [0.29, 0.717) is 5.02 Å². The lowest BCUT2D eigenvalue weighted by Crippen LogP contribution is -2.48. The normalized spacial score (nSPS) is 12.2. The predicted molar refractivity (Wildman–Crippen MR) is 119 cm³/mol. The molecule has 3 aromatic rings. The van der Waals surface area contributed by atoms with Crippen LogP contribution in [0.2, 0.25) is 5.02 Å². The molecule has 0 spiro atoms. The Bertz CT molecular complexity index is 1150. The van der Waals surface area contributed by atoms with Gasteiger partial charge >= 0.3 is 17.9 Å². The fourth-order valence-corrected chi connectivity index (χ4v) is 2.98. The zero-order chi connectivity index (χ0) is 23.8. The molecule has 168 valence electrons. The Hall–Kier alpha value is -4.17. The molecule has 3 rings (SSSR count). The molecule has 2 atom stereocenters. The number of anilines is 1. The average Bonchev–Trinajstić information content (AvgIpc) is 2.82. The fourth-order valence-electron chi connectivity index (χ4n) is 2.79. The second kappa shape index (κ2) is 10.9. The van der Waals surface area contributed by atoms with Gasteiger partial charge in [-0.1, -0.05) is 54.1 Å². The van der Waals surface area contributed by atoms with E-state index >= 15 is 0 Å². The van der Waals surface area contributed by atoms with Gasteiger partial charge < -0.3 is 19.9 Å². The number of aliphatic carboxylic acids is 1. The van der Waals surface area contributed by atoms with Crippen LogP contribution >= 0.6 is 11.6 Å². The van der Waals surface area contributed by atoms with Crippen molar-refractivity contribution in [3.63, 3.8) is 0 Å². The lowest BCUT2D eigenvalue weighted by atomic mass is 10.1. The molecule has 0 aliphatic rings. The fraction of sp³-hybridized carbons (Fsp3) is 0.0833. The molecule has 0 fully saturated rings. The topological polar surface area (TPSA) is 119 Å². The number of ether oxygens (including phenoxy) is 2. The largest absolute Gasteiger partial charge is 0.478 e. The van der Waals surface area contributed by atoms with Gasteiger partial charge in [0.25, 0.3) is 5.91 Å². The summed E-state index contributed by atoms with van der Waals surface area (Å²) in [6, 6.07) is 21.3. The van der Waals surface area contributed by atoms with E-state index in [1.165, 1.54) is 36.4 Å². The van der Waals surface area contributed by atoms with Gasteiger partial charge in [0, 0.05) is 10.7 Å². The molecule has 0 saturated heterocycles. The molecule has 3 aromatic carbocycles. The second-order valence-corrected chi connectivity index (χ2v) is 7.16. The molecule has 8 nitrogen and oxygen atoms in total. The SMILES string of the molecule is O=C(O[C@H](C(=O)O)[C@H](OC(=O)c1ccccc1)C(=O)Nc1cccc(Cl)c1)c1ccccc1. The van der Waals surface area contributed by atoms with Crippen molar-refractivity contribution in [2.75, 3.05) is 5.32 Å². The van der Waals surface area contributed by atoms with Crippen LogP contribution in [0.3, 0.4) is 0 Å². The highest BCUT2D eigenvalue weighted by Gasteiger charge is 2.41. The third-order valence-corrected chi connectivity index (χ3v) is 4.59. The minimum atomic E-state index is -2.12. The lowest BCUT2D eigenvalue weighted by Gasteiger charge is -2.23. The highest BCUT2D eigenvalue weighted by molar-refractivity contribution is 6.30. The standard InChI is InChI=1S/C24H18ClNO7/c25-17-12-7-13-18(14-17)26-21(27)19(32-23(30)15-8-3-1-4-9-15)20(22(28)29)33-24(31)16-10-5-2-6-11-16/h1-14,19-20H,(H,26,27)(H,28,29)/t19-,20-/m0/s1. The van der Waals surface area contributed by atoms with Crippen molar-refractivity contribution in [3.05, 3.63) is 101 Å². The summed E-state index contributed by atoms with van der Waals surface area (Å²) >= 11 is 5.92. The van der Waals surface area contributed by atoms with Crippen LogP contribution < -0.4 is 5.32 Å². The summed E-state index contributed by atoms with van der Waals surface area (Å²) in [5, 5.41) is 12.5. The van der Waals surface area contributed by atoms with Crippen LogP contribution in [-0.2, 0) is 19.1 Å². The van der Waals surface area contributed by atoms with Crippen molar-refractivity contribution >= 4 is 41.1 Å². The molecule has 0 heterocycles. The van der Waals surface area contributed by atoms with Gasteiger partial charge in [0.15, 0.2) is 0 Å². The Labute approximate surface area is 193 Å². The number of benzene rings is 3. The van der Waals surface area contributed by atoms with E-state index < -0.39 is 36.0 Å². The van der Waals surface area contributed by atoms with Gasteiger partial charge in [-0.25, -0.2) is 14.4 Å². The van der Waals surface area contributed by atoms with Gasteiger partial charge in [-0.05, 0) is 42.5 Å². The van der Waals surface area contributed by atoms with Crippen LogP contribution in [0.1, 0.15) is 20.7 Å². The maximum Gasteiger partial charge on any atom is 0.349 e. The Morgan fingerprint density at radius 2 is 1.24 bits per heavy atom. The first-order valence-electron chi connectivity index (χ1n) is 9.66. The van der Waals surface area contributed by atoms with E-state index in [9.17, 15) is 24.3 Å². The van der Waals surface area contributed by atoms with E-state index in [-0.39, 0.29) is 16.8 Å². The van der Waals surface area contributed by atoms with E-state index in [1.807, 2.05) is 0 Å². The van der Waals surface area contributed by atoms with Crippen molar-refractivity contribution in [2.45, 2.75) is 12.2 Å². The number of rotatable bonds is 8. The van der Waals surface area contributed by atoms with Crippen LogP contribution in [-0.4, -0.2) is 41.1 Å². The van der Waals surface area contributed by atoms with Gasteiger partial charge in [0.05, 0.1) is 11.1 Å². The molecule has 2 N–H and O–H groups in total. The van der Waals surface area contributed by atoms with Crippen LogP contribution in [0.4, 0.5) is 5.69 Å². The van der Waals surface area contributed by atoms with Gasteiger partial charge in [-0.15, -0.1) is 0 Å². The number of esters is 2. The number of hydrogen-bond donors (Lipinski definition) is 2. The number of carboxylic acids is 1. The molecular weight excluding hydrogens is 450 g/mol. The Balaban J connectivity index is 1.90. The summed E-state index contributed by atoms with van der Waals surface area (Å²) < 4.78 is 10.3. The third kappa shape index (κ3) is 6.41. The third-order valence-electron chi connectivity index (χ3n) is 4.36. The summed E-state index contributed by atoms with van der Waals surface area (Å²) in [6.45, 7) is 0. The quantitative estimate of drug-likeness (QED) is 0.483. The number of carbonyl (C=O) groups excluding carboxylic acids is 3. The van der Waals surface area contributed by atoms with E-state index in [4.69, 9.17) is 21.1 Å². The molecule has 0 unspecified atom stereocenters. The predicted octanol–water partition coefficient (Wildman–Crippen LogP) is 3.81. The van der Waals surface area contributed by atoms with Gasteiger partial charge in [0.1, 0.15) is 0 Å². The Morgan fingerprint density at radius 1 is 0.727 bits per heavy atom. The second-order valence-electron chi connectivity index (χ2n) is 6.72. The highest BCUT2D eigenvalue weighted by Crippen LogP contribution is 2.18. The van der Waals surface area contributed by atoms with Crippen molar-refractivity contribution in [3.8, 4) is 0 Å². The molecule has 9 heteroatoms. The van der Waals surface area contributed by atoms with Gasteiger partial charge in [-0.2, -0.15) is 0 Å². The summed E-state index contributed by atoms with van der Waals surface area (Å²) in [6.07, 6.45) is -4.12. The highest BCUT2D eigenvalue weighted by atomic mass is 35.5. The molecule has 0 aliphatic carbocycles. The van der Waals surface area contributed by atoms with Crippen molar-refractivity contribution in [1.29, 1.82) is 0 Å². The smallest absolute Gasteiger partial charge is 0.349 e. The minimum absolute atomic E-state index is 0.0622. The molecule has 0 aliphatic heterocycles. The van der Waals surface area contributed by atoms with E-state index in [2.05, 4.69) is 5.32 Å². The minimum Gasteiger partial charge on any atom is -0.478 e. The maximum absolute atomic E-state index is 13.0. The molecule has 1 amide bonds.